The first-order chi connectivity index (χ1) is 9.99. The second-order valence-electron chi connectivity index (χ2n) is 5.30. The van der Waals surface area contributed by atoms with Gasteiger partial charge in [0, 0.05) is 16.5 Å². The van der Waals surface area contributed by atoms with Crippen molar-refractivity contribution in [2.24, 2.45) is 0 Å². The first kappa shape index (κ1) is 14.2. The molecule has 0 bridgehead atoms. The number of anilines is 2. The van der Waals surface area contributed by atoms with Crippen LogP contribution in [-0.4, -0.2) is 15.0 Å². The molecular weight excluding hydrogens is 302 g/mol. The zero-order chi connectivity index (χ0) is 15.0. The SMILES string of the molecule is CCc1cc2c(NC(C)(C)c3nccs3)nc(N)nc2s1. The topological polar surface area (TPSA) is 76.7 Å². The van der Waals surface area contributed by atoms with Crippen molar-refractivity contribution in [3.8, 4) is 0 Å². The highest BCUT2D eigenvalue weighted by molar-refractivity contribution is 7.18. The van der Waals surface area contributed by atoms with Gasteiger partial charge in [0.15, 0.2) is 0 Å². The quantitative estimate of drug-likeness (QED) is 0.768. The zero-order valence-electron chi connectivity index (χ0n) is 12.2. The molecule has 0 fully saturated rings. The van der Waals surface area contributed by atoms with Crippen LogP contribution in [0.1, 0.15) is 30.7 Å². The molecule has 0 aliphatic heterocycles. The van der Waals surface area contributed by atoms with E-state index in [0.29, 0.717) is 5.95 Å². The van der Waals surface area contributed by atoms with E-state index in [1.807, 2.05) is 11.6 Å². The van der Waals surface area contributed by atoms with Crippen LogP contribution >= 0.6 is 22.7 Å². The van der Waals surface area contributed by atoms with Gasteiger partial charge >= 0.3 is 0 Å². The minimum absolute atomic E-state index is 0.296. The molecule has 3 heterocycles. The van der Waals surface area contributed by atoms with Crippen LogP contribution < -0.4 is 11.1 Å². The van der Waals surface area contributed by atoms with Crippen molar-refractivity contribution in [1.82, 2.24) is 15.0 Å². The third-order valence-electron chi connectivity index (χ3n) is 3.21. The zero-order valence-corrected chi connectivity index (χ0v) is 13.8. The fourth-order valence-corrected chi connectivity index (χ4v) is 3.83. The number of aryl methyl sites for hydroxylation is 1. The van der Waals surface area contributed by atoms with Crippen LogP contribution in [0.5, 0.6) is 0 Å². The van der Waals surface area contributed by atoms with Gasteiger partial charge in [-0.2, -0.15) is 4.98 Å². The number of thiophene rings is 1. The predicted octanol–water partition coefficient (Wildman–Crippen LogP) is 3.64. The van der Waals surface area contributed by atoms with Crippen molar-refractivity contribution >= 4 is 44.7 Å². The third kappa shape index (κ3) is 2.71. The molecule has 0 saturated heterocycles. The summed E-state index contributed by atoms with van der Waals surface area (Å²) >= 11 is 3.29. The van der Waals surface area contributed by atoms with Crippen LogP contribution in [0.25, 0.3) is 10.2 Å². The van der Waals surface area contributed by atoms with E-state index >= 15 is 0 Å². The monoisotopic (exact) mass is 319 g/mol. The Balaban J connectivity index is 2.05. The van der Waals surface area contributed by atoms with Crippen molar-refractivity contribution < 1.29 is 0 Å². The molecule has 0 unspecified atom stereocenters. The normalized spacial score (nSPS) is 12.0. The number of thiazole rings is 1. The van der Waals surface area contributed by atoms with Crippen molar-refractivity contribution in [3.63, 3.8) is 0 Å². The lowest BCUT2D eigenvalue weighted by Crippen LogP contribution is -2.28. The Morgan fingerprint density at radius 2 is 2.14 bits per heavy atom. The summed E-state index contributed by atoms with van der Waals surface area (Å²) in [6, 6.07) is 2.14. The number of rotatable bonds is 4. The lowest BCUT2D eigenvalue weighted by Gasteiger charge is -2.24. The molecule has 0 radical (unpaired) electrons. The largest absolute Gasteiger partial charge is 0.368 e. The lowest BCUT2D eigenvalue weighted by atomic mass is 10.1. The summed E-state index contributed by atoms with van der Waals surface area (Å²) in [5, 5.41) is 7.48. The first-order valence-corrected chi connectivity index (χ1v) is 8.43. The Morgan fingerprint density at radius 1 is 1.33 bits per heavy atom. The van der Waals surface area contributed by atoms with Crippen molar-refractivity contribution in [2.75, 3.05) is 11.1 Å². The Bertz CT molecular complexity index is 761. The summed E-state index contributed by atoms with van der Waals surface area (Å²) < 4.78 is 0. The Hall–Kier alpha value is -1.73. The molecule has 3 rings (SSSR count). The molecule has 0 saturated carbocycles. The van der Waals surface area contributed by atoms with Gasteiger partial charge in [-0.05, 0) is 26.3 Å². The summed E-state index contributed by atoms with van der Waals surface area (Å²) in [4.78, 5) is 15.3. The molecule has 7 heteroatoms. The molecule has 0 aromatic carbocycles. The molecule has 3 aromatic heterocycles. The van der Waals surface area contributed by atoms with E-state index in [-0.39, 0.29) is 5.54 Å². The highest BCUT2D eigenvalue weighted by Gasteiger charge is 2.25. The number of aromatic nitrogens is 3. The highest BCUT2D eigenvalue weighted by atomic mass is 32.1. The van der Waals surface area contributed by atoms with Gasteiger partial charge in [0.2, 0.25) is 5.95 Å². The summed E-state index contributed by atoms with van der Waals surface area (Å²) in [6.45, 7) is 6.31. The molecule has 0 spiro atoms. The van der Waals surface area contributed by atoms with Crippen LogP contribution in [-0.2, 0) is 12.0 Å². The fraction of sp³-hybridized carbons (Fsp3) is 0.357. The summed E-state index contributed by atoms with van der Waals surface area (Å²) in [5.41, 5.74) is 5.54. The predicted molar refractivity (Wildman–Crippen MR) is 90.0 cm³/mol. The average Bonchev–Trinajstić information content (AvgIpc) is 3.07. The van der Waals surface area contributed by atoms with Gasteiger partial charge in [0.25, 0.3) is 0 Å². The molecule has 0 aliphatic carbocycles. The number of nitrogen functional groups attached to an aromatic ring is 1. The maximum absolute atomic E-state index is 5.84. The van der Waals surface area contributed by atoms with E-state index < -0.39 is 0 Å². The maximum atomic E-state index is 5.84. The van der Waals surface area contributed by atoms with Crippen LogP contribution in [0.3, 0.4) is 0 Å². The number of nitrogens with one attached hydrogen (secondary N) is 1. The van der Waals surface area contributed by atoms with Crippen molar-refractivity contribution in [1.29, 1.82) is 0 Å². The van der Waals surface area contributed by atoms with Crippen LogP contribution in [0.4, 0.5) is 11.8 Å². The molecule has 3 N–H and O–H groups in total. The Labute approximate surface area is 131 Å². The number of hydrogen-bond acceptors (Lipinski definition) is 7. The van der Waals surface area contributed by atoms with Gasteiger partial charge < -0.3 is 11.1 Å². The highest BCUT2D eigenvalue weighted by Crippen LogP contribution is 2.33. The van der Waals surface area contributed by atoms with Gasteiger partial charge in [0.05, 0.1) is 10.9 Å². The smallest absolute Gasteiger partial charge is 0.223 e. The summed E-state index contributed by atoms with van der Waals surface area (Å²) in [7, 11) is 0. The second kappa shape index (κ2) is 5.23. The number of fused-ring (bicyclic) bond motifs is 1. The van der Waals surface area contributed by atoms with E-state index in [2.05, 4.69) is 47.1 Å². The molecule has 3 aromatic rings. The molecular formula is C14H17N5S2. The molecule has 0 aliphatic rings. The summed E-state index contributed by atoms with van der Waals surface area (Å²) in [6.07, 6.45) is 2.80. The second-order valence-corrected chi connectivity index (χ2v) is 7.31. The fourth-order valence-electron chi connectivity index (χ4n) is 2.14. The van der Waals surface area contributed by atoms with Crippen molar-refractivity contribution in [2.45, 2.75) is 32.7 Å². The number of hydrogen-bond donors (Lipinski definition) is 2. The van der Waals surface area contributed by atoms with E-state index in [1.165, 1.54) is 4.88 Å². The molecule has 21 heavy (non-hydrogen) atoms. The standard InChI is InChI=1S/C14H17N5S2/c1-4-8-7-9-10(17-13(15)18-11(9)21-8)19-14(2,3)12-16-5-6-20-12/h5-7H,4H2,1-3H3,(H3,15,17,18,19). The van der Waals surface area contributed by atoms with Crippen molar-refractivity contribution in [3.05, 3.63) is 27.5 Å². The molecule has 0 atom stereocenters. The molecule has 5 nitrogen and oxygen atoms in total. The van der Waals surface area contributed by atoms with Gasteiger partial charge in [0.1, 0.15) is 15.7 Å². The van der Waals surface area contributed by atoms with Crippen LogP contribution in [0.15, 0.2) is 17.6 Å². The van der Waals surface area contributed by atoms with Gasteiger partial charge in [-0.25, -0.2) is 9.97 Å². The Kier molecular flexibility index (Phi) is 3.54. The van der Waals surface area contributed by atoms with E-state index in [9.17, 15) is 0 Å². The molecule has 110 valence electrons. The summed E-state index contributed by atoms with van der Waals surface area (Å²) in [5.74, 6) is 1.07. The van der Waals surface area contributed by atoms with E-state index in [4.69, 9.17) is 5.73 Å². The average molecular weight is 319 g/mol. The van der Waals surface area contributed by atoms with E-state index in [0.717, 1.165) is 27.5 Å². The maximum Gasteiger partial charge on any atom is 0.223 e. The minimum Gasteiger partial charge on any atom is -0.368 e. The van der Waals surface area contributed by atoms with Crippen LogP contribution in [0, 0.1) is 0 Å². The van der Waals surface area contributed by atoms with Gasteiger partial charge in [-0.15, -0.1) is 22.7 Å². The third-order valence-corrected chi connectivity index (χ3v) is 5.48. The van der Waals surface area contributed by atoms with Gasteiger partial charge in [-0.3, -0.25) is 0 Å². The molecule has 0 amide bonds. The van der Waals surface area contributed by atoms with Gasteiger partial charge in [-0.1, -0.05) is 6.92 Å². The number of nitrogens with two attached hydrogens (primary N) is 1. The first-order valence-electron chi connectivity index (χ1n) is 6.73. The van der Waals surface area contributed by atoms with E-state index in [1.54, 1.807) is 22.7 Å². The number of nitrogens with zero attached hydrogens (tertiary/aromatic N) is 3. The van der Waals surface area contributed by atoms with Crippen LogP contribution in [0.2, 0.25) is 0 Å². The minimum atomic E-state index is -0.309. The Morgan fingerprint density at radius 3 is 2.81 bits per heavy atom. The lowest BCUT2D eigenvalue weighted by molar-refractivity contribution is 0.602.